The van der Waals surface area contributed by atoms with Crippen molar-refractivity contribution in [2.45, 2.75) is 26.2 Å². The monoisotopic (exact) mass is 329 g/mol. The molecule has 0 radical (unpaired) electrons. The summed E-state index contributed by atoms with van der Waals surface area (Å²) >= 11 is 5.89. The first kappa shape index (κ1) is 17.9. The summed E-state index contributed by atoms with van der Waals surface area (Å²) in [6.45, 7) is 2.19. The number of nitrogens with zero attached hydrogens (tertiary/aromatic N) is 1. The van der Waals surface area contributed by atoms with Gasteiger partial charge in [0.15, 0.2) is 6.29 Å². The van der Waals surface area contributed by atoms with Crippen molar-refractivity contribution < 1.29 is 24.0 Å². The number of aldehydes is 1. The summed E-state index contributed by atoms with van der Waals surface area (Å²) in [6.07, 6.45) is 1.65. The van der Waals surface area contributed by atoms with E-state index in [1.54, 1.807) is 6.92 Å². The summed E-state index contributed by atoms with van der Waals surface area (Å²) < 4.78 is 10.1. The van der Waals surface area contributed by atoms with Crippen LogP contribution in [-0.4, -0.2) is 30.4 Å². The van der Waals surface area contributed by atoms with Gasteiger partial charge < -0.3 is 9.47 Å². The fraction of sp³-hybridized carbons (Fsp3) is 0.429. The maximum atomic E-state index is 11.1. The number of hydrogen-bond acceptors (Lipinski definition) is 6. The predicted octanol–water partition coefficient (Wildman–Crippen LogP) is 3.17. The molecule has 1 aromatic carbocycles. The van der Waals surface area contributed by atoms with Crippen LogP contribution in [0.4, 0.5) is 5.69 Å². The van der Waals surface area contributed by atoms with Gasteiger partial charge in [0.25, 0.3) is 0 Å². The molecule has 0 amide bonds. The Bertz CT molecular complexity index is 561. The molecule has 0 aliphatic rings. The van der Waals surface area contributed by atoms with Crippen LogP contribution in [0.3, 0.4) is 0 Å². The Morgan fingerprint density at radius 1 is 1.41 bits per heavy atom. The van der Waals surface area contributed by atoms with E-state index < -0.39 is 10.6 Å². The van der Waals surface area contributed by atoms with Crippen LogP contribution >= 0.6 is 11.6 Å². The van der Waals surface area contributed by atoms with Gasteiger partial charge in [0.05, 0.1) is 28.7 Å². The van der Waals surface area contributed by atoms with E-state index in [1.165, 1.54) is 12.1 Å². The van der Waals surface area contributed by atoms with Crippen LogP contribution in [0.5, 0.6) is 5.75 Å². The van der Waals surface area contributed by atoms with E-state index in [9.17, 15) is 19.7 Å². The molecule has 0 heterocycles. The average molecular weight is 330 g/mol. The molecule has 0 N–H and O–H groups in total. The number of nitro benzene ring substituents is 1. The van der Waals surface area contributed by atoms with Crippen molar-refractivity contribution in [2.75, 3.05) is 13.2 Å². The Morgan fingerprint density at radius 3 is 2.73 bits per heavy atom. The van der Waals surface area contributed by atoms with E-state index >= 15 is 0 Å². The van der Waals surface area contributed by atoms with E-state index in [0.29, 0.717) is 25.7 Å². The standard InChI is InChI=1S/C14H16ClNO6/c1-2-21-12(18)5-3-4-8-22-14-11(15)7-6-10(9-17)13(14)16(19)20/h6-7,9H,2-5,8H2,1H3. The number of ether oxygens (including phenoxy) is 2. The Balaban J connectivity index is 2.64. The number of rotatable bonds is 9. The van der Waals surface area contributed by atoms with Crippen molar-refractivity contribution in [3.63, 3.8) is 0 Å². The van der Waals surface area contributed by atoms with Crippen molar-refractivity contribution in [3.8, 4) is 5.75 Å². The Hall–Kier alpha value is -2.15. The number of unbranched alkanes of at least 4 members (excludes halogenated alkanes) is 1. The molecule has 0 saturated carbocycles. The summed E-state index contributed by atoms with van der Waals surface area (Å²) in [5.74, 6) is -0.429. The maximum absolute atomic E-state index is 11.1. The van der Waals surface area contributed by atoms with E-state index in [-0.39, 0.29) is 35.3 Å². The maximum Gasteiger partial charge on any atom is 0.322 e. The fourth-order valence-corrected chi connectivity index (χ4v) is 1.97. The number of benzene rings is 1. The zero-order valence-corrected chi connectivity index (χ0v) is 12.8. The van der Waals surface area contributed by atoms with Gasteiger partial charge in [-0.05, 0) is 31.9 Å². The number of halogens is 1. The van der Waals surface area contributed by atoms with Crippen LogP contribution in [0.2, 0.25) is 5.02 Å². The lowest BCUT2D eigenvalue weighted by Gasteiger charge is -2.09. The number of carbonyl (C=O) groups is 2. The molecule has 0 aromatic heterocycles. The zero-order valence-electron chi connectivity index (χ0n) is 12.0. The van der Waals surface area contributed by atoms with Gasteiger partial charge in [0.2, 0.25) is 5.75 Å². The molecule has 22 heavy (non-hydrogen) atoms. The zero-order chi connectivity index (χ0) is 16.5. The molecule has 0 atom stereocenters. The predicted molar refractivity (Wildman–Crippen MR) is 79.5 cm³/mol. The highest BCUT2D eigenvalue weighted by Gasteiger charge is 2.24. The van der Waals surface area contributed by atoms with Gasteiger partial charge in [0, 0.05) is 6.42 Å². The van der Waals surface area contributed by atoms with Gasteiger partial charge in [-0.2, -0.15) is 0 Å². The van der Waals surface area contributed by atoms with Gasteiger partial charge >= 0.3 is 11.7 Å². The number of nitro groups is 1. The van der Waals surface area contributed by atoms with Crippen molar-refractivity contribution in [1.29, 1.82) is 0 Å². The third-order valence-electron chi connectivity index (χ3n) is 2.75. The van der Waals surface area contributed by atoms with Crippen molar-refractivity contribution in [1.82, 2.24) is 0 Å². The SMILES string of the molecule is CCOC(=O)CCCCOc1c(Cl)ccc(C=O)c1[N+](=O)[O-]. The topological polar surface area (TPSA) is 95.7 Å². The second kappa shape index (κ2) is 8.99. The van der Waals surface area contributed by atoms with Gasteiger partial charge in [-0.3, -0.25) is 19.7 Å². The summed E-state index contributed by atoms with van der Waals surface area (Å²) in [5.41, 5.74) is -0.552. The highest BCUT2D eigenvalue weighted by atomic mass is 35.5. The second-order valence-corrected chi connectivity index (χ2v) is 4.71. The lowest BCUT2D eigenvalue weighted by molar-refractivity contribution is -0.386. The third-order valence-corrected chi connectivity index (χ3v) is 3.05. The largest absolute Gasteiger partial charge is 0.486 e. The molecule has 7 nitrogen and oxygen atoms in total. The highest BCUT2D eigenvalue weighted by molar-refractivity contribution is 6.32. The third kappa shape index (κ3) is 5.00. The van der Waals surface area contributed by atoms with Gasteiger partial charge in [-0.25, -0.2) is 0 Å². The summed E-state index contributed by atoms with van der Waals surface area (Å²) in [5, 5.41) is 11.1. The molecule has 1 rings (SSSR count). The molecule has 1 aromatic rings. The Morgan fingerprint density at radius 2 is 2.14 bits per heavy atom. The minimum Gasteiger partial charge on any atom is -0.486 e. The van der Waals surface area contributed by atoms with Crippen LogP contribution in [0, 0.1) is 10.1 Å². The lowest BCUT2D eigenvalue weighted by Crippen LogP contribution is -2.06. The number of hydrogen-bond donors (Lipinski definition) is 0. The summed E-state index contributed by atoms with van der Waals surface area (Å²) in [4.78, 5) is 32.3. The van der Waals surface area contributed by atoms with Gasteiger partial charge in [0.1, 0.15) is 0 Å². The first-order valence-corrected chi connectivity index (χ1v) is 7.09. The molecule has 0 fully saturated rings. The van der Waals surface area contributed by atoms with Crippen LogP contribution in [0.1, 0.15) is 36.5 Å². The molecular formula is C14H16ClNO6. The second-order valence-electron chi connectivity index (χ2n) is 4.30. The lowest BCUT2D eigenvalue weighted by atomic mass is 10.2. The van der Waals surface area contributed by atoms with Crippen molar-refractivity contribution in [2.24, 2.45) is 0 Å². The van der Waals surface area contributed by atoms with Crippen LogP contribution in [0.15, 0.2) is 12.1 Å². The smallest absolute Gasteiger partial charge is 0.322 e. The van der Waals surface area contributed by atoms with E-state index in [2.05, 4.69) is 0 Å². The highest BCUT2D eigenvalue weighted by Crippen LogP contribution is 2.37. The summed E-state index contributed by atoms with van der Waals surface area (Å²) in [7, 11) is 0. The van der Waals surface area contributed by atoms with E-state index in [1.807, 2.05) is 0 Å². The van der Waals surface area contributed by atoms with E-state index in [0.717, 1.165) is 0 Å². The average Bonchev–Trinajstić information content (AvgIpc) is 2.48. The molecule has 0 saturated heterocycles. The first-order valence-electron chi connectivity index (χ1n) is 6.71. The van der Waals surface area contributed by atoms with Crippen LogP contribution in [0.25, 0.3) is 0 Å². The van der Waals surface area contributed by atoms with Gasteiger partial charge in [-0.1, -0.05) is 11.6 Å². The molecule has 0 unspecified atom stereocenters. The quantitative estimate of drug-likeness (QED) is 0.227. The molecule has 0 spiro atoms. The van der Waals surface area contributed by atoms with Crippen molar-refractivity contribution in [3.05, 3.63) is 32.8 Å². The van der Waals surface area contributed by atoms with Gasteiger partial charge in [-0.15, -0.1) is 0 Å². The van der Waals surface area contributed by atoms with Crippen LogP contribution in [-0.2, 0) is 9.53 Å². The summed E-state index contributed by atoms with van der Waals surface area (Å²) in [6, 6.07) is 2.63. The van der Waals surface area contributed by atoms with E-state index in [4.69, 9.17) is 21.1 Å². The normalized spacial score (nSPS) is 10.1. The Kier molecular flexibility index (Phi) is 7.31. The minimum atomic E-state index is -0.705. The molecule has 120 valence electrons. The molecule has 0 aliphatic heterocycles. The van der Waals surface area contributed by atoms with Crippen LogP contribution < -0.4 is 4.74 Å². The number of esters is 1. The Labute approximate surface area is 132 Å². The molecule has 0 aliphatic carbocycles. The van der Waals surface area contributed by atoms with Crippen molar-refractivity contribution >= 4 is 29.5 Å². The molecule has 8 heteroatoms. The molecular weight excluding hydrogens is 314 g/mol. The minimum absolute atomic E-state index is 0.0580. The molecule has 0 bridgehead atoms. The number of carbonyl (C=O) groups excluding carboxylic acids is 2. The first-order chi connectivity index (χ1) is 10.5. The fourth-order valence-electron chi connectivity index (χ4n) is 1.76.